The highest BCUT2D eigenvalue weighted by Gasteiger charge is 2.34. The van der Waals surface area contributed by atoms with Crippen LogP contribution in [0, 0.1) is 5.92 Å². The second kappa shape index (κ2) is 5.39. The molecule has 0 aromatic heterocycles. The lowest BCUT2D eigenvalue weighted by Gasteiger charge is -2.17. The normalized spacial score (nSPS) is 27.3. The highest BCUT2D eigenvalue weighted by Crippen LogP contribution is 2.46. The van der Waals surface area contributed by atoms with E-state index in [1.165, 1.54) is 0 Å². The third-order valence-electron chi connectivity index (χ3n) is 4.19. The van der Waals surface area contributed by atoms with E-state index in [1.54, 1.807) is 7.11 Å². The van der Waals surface area contributed by atoms with Gasteiger partial charge in [-0.3, -0.25) is 4.79 Å². The van der Waals surface area contributed by atoms with Crippen molar-refractivity contribution in [2.45, 2.75) is 31.9 Å². The van der Waals surface area contributed by atoms with Crippen LogP contribution in [0.25, 0.3) is 0 Å². The Morgan fingerprint density at radius 2 is 2.33 bits per heavy atom. The number of nitrogens with one attached hydrogen (secondary N) is 1. The van der Waals surface area contributed by atoms with Gasteiger partial charge in [-0.25, -0.2) is 0 Å². The number of methoxy groups -OCH3 is 1. The van der Waals surface area contributed by atoms with Crippen LogP contribution in [0.15, 0.2) is 6.07 Å². The second-order valence-electron chi connectivity index (χ2n) is 5.65. The number of benzene rings is 1. The highest BCUT2D eigenvalue weighted by atomic mass is 35.5. The van der Waals surface area contributed by atoms with Crippen LogP contribution in [-0.2, 0) is 11.2 Å². The van der Waals surface area contributed by atoms with Crippen LogP contribution in [0.4, 0.5) is 0 Å². The van der Waals surface area contributed by atoms with Crippen molar-refractivity contribution < 1.29 is 19.4 Å². The third-order valence-corrected chi connectivity index (χ3v) is 4.64. The summed E-state index contributed by atoms with van der Waals surface area (Å²) in [6.45, 7) is 2.45. The molecule has 3 atom stereocenters. The molecule has 3 rings (SSSR count). The number of hydrogen-bond acceptors (Lipinski definition) is 4. The zero-order valence-corrected chi connectivity index (χ0v) is 12.7. The summed E-state index contributed by atoms with van der Waals surface area (Å²) >= 11 is 6.53. The zero-order chi connectivity index (χ0) is 15.1. The Hall–Kier alpha value is -1.46. The van der Waals surface area contributed by atoms with Crippen LogP contribution < -0.4 is 14.8 Å². The first-order valence-electron chi connectivity index (χ1n) is 7.03. The molecule has 0 bridgehead atoms. The molecule has 1 saturated heterocycles. The number of carbonyl (C=O) groups is 1. The number of fused-ring (bicyclic) bond motifs is 1. The van der Waals surface area contributed by atoms with Crippen molar-refractivity contribution >= 4 is 17.6 Å². The molecule has 3 unspecified atom stereocenters. The molecule has 2 aliphatic heterocycles. The first kappa shape index (κ1) is 14.5. The van der Waals surface area contributed by atoms with Crippen LogP contribution in [-0.4, -0.2) is 30.8 Å². The summed E-state index contributed by atoms with van der Waals surface area (Å²) in [5.74, 6) is 0.229. The van der Waals surface area contributed by atoms with Crippen molar-refractivity contribution in [3.05, 3.63) is 22.2 Å². The van der Waals surface area contributed by atoms with E-state index in [9.17, 15) is 4.79 Å². The van der Waals surface area contributed by atoms with E-state index in [4.69, 9.17) is 26.2 Å². The van der Waals surface area contributed by atoms with Gasteiger partial charge in [0.1, 0.15) is 6.10 Å². The molecule has 0 spiro atoms. The Morgan fingerprint density at radius 1 is 1.57 bits per heavy atom. The summed E-state index contributed by atoms with van der Waals surface area (Å²) in [6.07, 6.45) is 1.35. The Kier molecular flexibility index (Phi) is 3.71. The molecule has 114 valence electrons. The van der Waals surface area contributed by atoms with Gasteiger partial charge in [-0.15, -0.1) is 0 Å². The summed E-state index contributed by atoms with van der Waals surface area (Å²) in [4.78, 5) is 11.1. The van der Waals surface area contributed by atoms with Crippen LogP contribution >= 0.6 is 11.6 Å². The van der Waals surface area contributed by atoms with E-state index in [0.717, 1.165) is 17.5 Å². The van der Waals surface area contributed by atoms with Gasteiger partial charge in [-0.1, -0.05) is 11.6 Å². The van der Waals surface area contributed by atoms with Crippen LogP contribution in [0.1, 0.15) is 30.5 Å². The van der Waals surface area contributed by atoms with Gasteiger partial charge in [0, 0.05) is 24.6 Å². The summed E-state index contributed by atoms with van der Waals surface area (Å²) in [7, 11) is 1.60. The maximum Gasteiger partial charge on any atom is 0.307 e. The minimum Gasteiger partial charge on any atom is -0.493 e. The van der Waals surface area contributed by atoms with Crippen molar-refractivity contribution in [1.82, 2.24) is 5.32 Å². The summed E-state index contributed by atoms with van der Waals surface area (Å²) < 4.78 is 11.2. The van der Waals surface area contributed by atoms with Gasteiger partial charge in [-0.05, 0) is 25.0 Å². The minimum absolute atomic E-state index is 0.0614. The molecule has 2 N–H and O–H groups in total. The Morgan fingerprint density at radius 3 is 2.95 bits per heavy atom. The second-order valence-corrected chi connectivity index (χ2v) is 6.03. The van der Waals surface area contributed by atoms with Crippen LogP contribution in [0.2, 0.25) is 5.02 Å². The molecule has 1 fully saturated rings. The molecule has 0 radical (unpaired) electrons. The van der Waals surface area contributed by atoms with Gasteiger partial charge < -0.3 is 19.9 Å². The van der Waals surface area contributed by atoms with E-state index in [2.05, 4.69) is 5.32 Å². The molecule has 0 saturated carbocycles. The fourth-order valence-electron chi connectivity index (χ4n) is 3.10. The lowest BCUT2D eigenvalue weighted by Crippen LogP contribution is -2.17. The first-order chi connectivity index (χ1) is 10.0. The summed E-state index contributed by atoms with van der Waals surface area (Å²) in [5, 5.41) is 13.0. The molecule has 1 aromatic rings. The molecule has 2 aliphatic rings. The Labute approximate surface area is 128 Å². The SMILES string of the molecule is COc1cc(C2CC(C(=O)O)CN2)c(Cl)c2c1OC(C)C2. The molecule has 0 aliphatic carbocycles. The average molecular weight is 312 g/mol. The van der Waals surface area contributed by atoms with Gasteiger partial charge in [0.25, 0.3) is 0 Å². The van der Waals surface area contributed by atoms with E-state index in [-0.39, 0.29) is 18.1 Å². The third kappa shape index (κ3) is 2.45. The van der Waals surface area contributed by atoms with Gasteiger partial charge in [0.05, 0.1) is 18.1 Å². The quantitative estimate of drug-likeness (QED) is 0.897. The molecule has 21 heavy (non-hydrogen) atoms. The molecule has 5 nitrogen and oxygen atoms in total. The number of ether oxygens (including phenoxy) is 2. The summed E-state index contributed by atoms with van der Waals surface area (Å²) in [6, 6.07) is 1.80. The lowest BCUT2D eigenvalue weighted by molar-refractivity contribution is -0.141. The fraction of sp³-hybridized carbons (Fsp3) is 0.533. The van der Waals surface area contributed by atoms with E-state index < -0.39 is 5.97 Å². The van der Waals surface area contributed by atoms with Crippen molar-refractivity contribution in [2.24, 2.45) is 5.92 Å². The van der Waals surface area contributed by atoms with E-state index in [0.29, 0.717) is 29.5 Å². The number of rotatable bonds is 3. The molecular weight excluding hydrogens is 294 g/mol. The molecule has 1 aromatic carbocycles. The molecule has 2 heterocycles. The fourth-order valence-corrected chi connectivity index (χ4v) is 3.45. The van der Waals surface area contributed by atoms with Crippen molar-refractivity contribution in [3.63, 3.8) is 0 Å². The minimum atomic E-state index is -0.772. The first-order valence-corrected chi connectivity index (χ1v) is 7.41. The number of carboxylic acids is 1. The smallest absolute Gasteiger partial charge is 0.307 e. The standard InChI is InChI=1S/C15H18ClNO4/c1-7-3-10-13(16)9(5-12(20-2)14(10)21-7)11-4-8(6-17-11)15(18)19/h5,7-8,11,17H,3-4,6H2,1-2H3,(H,18,19). The highest BCUT2D eigenvalue weighted by molar-refractivity contribution is 6.32. The topological polar surface area (TPSA) is 67.8 Å². The largest absolute Gasteiger partial charge is 0.493 e. The molecule has 0 amide bonds. The number of halogens is 1. The average Bonchev–Trinajstić information content (AvgIpc) is 3.06. The zero-order valence-electron chi connectivity index (χ0n) is 12.0. The van der Waals surface area contributed by atoms with E-state index >= 15 is 0 Å². The number of hydrogen-bond donors (Lipinski definition) is 2. The summed E-state index contributed by atoms with van der Waals surface area (Å²) in [5.41, 5.74) is 1.85. The van der Waals surface area contributed by atoms with Crippen LogP contribution in [0.3, 0.4) is 0 Å². The maximum absolute atomic E-state index is 11.1. The Balaban J connectivity index is 1.97. The maximum atomic E-state index is 11.1. The van der Waals surface area contributed by atoms with E-state index in [1.807, 2.05) is 13.0 Å². The molecular formula is C15H18ClNO4. The predicted molar refractivity (Wildman–Crippen MR) is 78.3 cm³/mol. The van der Waals surface area contributed by atoms with Gasteiger partial charge in [0.2, 0.25) is 0 Å². The monoisotopic (exact) mass is 311 g/mol. The van der Waals surface area contributed by atoms with Gasteiger partial charge in [-0.2, -0.15) is 0 Å². The van der Waals surface area contributed by atoms with Crippen molar-refractivity contribution in [1.29, 1.82) is 0 Å². The number of aliphatic carboxylic acids is 1. The lowest BCUT2D eigenvalue weighted by atomic mass is 9.97. The Bertz CT molecular complexity index is 590. The molecule has 6 heteroatoms. The van der Waals surface area contributed by atoms with Crippen molar-refractivity contribution in [2.75, 3.05) is 13.7 Å². The number of carboxylic acid groups (broad SMARTS) is 1. The van der Waals surface area contributed by atoms with Crippen molar-refractivity contribution in [3.8, 4) is 11.5 Å². The van der Waals surface area contributed by atoms with Crippen LogP contribution in [0.5, 0.6) is 11.5 Å². The van der Waals surface area contributed by atoms with Gasteiger partial charge >= 0.3 is 5.97 Å². The predicted octanol–water partition coefficient (Wildman–Crippen LogP) is 2.41. The van der Waals surface area contributed by atoms with Gasteiger partial charge in [0.15, 0.2) is 11.5 Å².